The SMILES string of the molecule is CN(C)C/C=C/C(=O)N(C)CC(=O)NCCCOc1cccc(Nc2nc(NC3CCOCC3)cnc2C(N)=O)c1. The van der Waals surface area contributed by atoms with Crippen molar-refractivity contribution in [3.05, 3.63) is 48.3 Å². The van der Waals surface area contributed by atoms with Crippen LogP contribution in [0.15, 0.2) is 42.6 Å². The second kappa shape index (κ2) is 16.1. The zero-order valence-electron chi connectivity index (χ0n) is 23.9. The molecule has 0 bridgehead atoms. The van der Waals surface area contributed by atoms with Gasteiger partial charge in [0.25, 0.3) is 5.91 Å². The number of nitrogens with one attached hydrogen (secondary N) is 3. The van der Waals surface area contributed by atoms with E-state index < -0.39 is 5.91 Å². The number of hydrogen-bond donors (Lipinski definition) is 4. The molecule has 0 atom stereocenters. The van der Waals surface area contributed by atoms with Gasteiger partial charge >= 0.3 is 0 Å². The Morgan fingerprint density at radius 3 is 2.71 bits per heavy atom. The van der Waals surface area contributed by atoms with E-state index >= 15 is 0 Å². The number of anilines is 3. The van der Waals surface area contributed by atoms with Gasteiger partial charge in [0.1, 0.15) is 11.6 Å². The molecule has 1 saturated heterocycles. The van der Waals surface area contributed by atoms with Crippen LogP contribution in [0.2, 0.25) is 0 Å². The number of aromatic nitrogens is 2. The molecule has 0 radical (unpaired) electrons. The summed E-state index contributed by atoms with van der Waals surface area (Å²) in [5, 5.41) is 9.25. The largest absolute Gasteiger partial charge is 0.493 e. The molecule has 1 aromatic heterocycles. The lowest BCUT2D eigenvalue weighted by molar-refractivity contribution is -0.131. The Balaban J connectivity index is 1.46. The fourth-order valence-corrected chi connectivity index (χ4v) is 3.91. The molecule has 0 spiro atoms. The molecular weight excluding hydrogens is 528 g/mol. The van der Waals surface area contributed by atoms with Gasteiger partial charge in [-0.1, -0.05) is 12.1 Å². The van der Waals surface area contributed by atoms with E-state index in [2.05, 4.69) is 25.9 Å². The molecular formula is C28H40N8O5. The summed E-state index contributed by atoms with van der Waals surface area (Å²) >= 11 is 0. The van der Waals surface area contributed by atoms with Crippen molar-refractivity contribution in [2.45, 2.75) is 25.3 Å². The Labute approximate surface area is 240 Å². The minimum atomic E-state index is -0.691. The summed E-state index contributed by atoms with van der Waals surface area (Å²) in [7, 11) is 5.40. The van der Waals surface area contributed by atoms with Crippen LogP contribution in [-0.2, 0) is 14.3 Å². The maximum Gasteiger partial charge on any atom is 0.271 e. The van der Waals surface area contributed by atoms with Crippen LogP contribution in [-0.4, -0.2) is 104 Å². The number of carbonyl (C=O) groups is 3. The first kappa shape index (κ1) is 31.3. The van der Waals surface area contributed by atoms with E-state index in [1.54, 1.807) is 31.3 Å². The monoisotopic (exact) mass is 568 g/mol. The number of hydrogen-bond acceptors (Lipinski definition) is 10. The summed E-state index contributed by atoms with van der Waals surface area (Å²) in [4.78, 5) is 48.2. The Kier molecular flexibility index (Phi) is 12.3. The number of nitrogens with two attached hydrogens (primary N) is 1. The summed E-state index contributed by atoms with van der Waals surface area (Å²) in [5.41, 5.74) is 6.19. The number of carbonyl (C=O) groups excluding carboxylic acids is 3. The van der Waals surface area contributed by atoms with Gasteiger partial charge in [-0.2, -0.15) is 0 Å². The first-order chi connectivity index (χ1) is 19.7. The van der Waals surface area contributed by atoms with E-state index in [-0.39, 0.29) is 35.9 Å². The molecule has 1 aliphatic heterocycles. The molecule has 0 unspecified atom stereocenters. The predicted octanol–water partition coefficient (Wildman–Crippen LogP) is 1.37. The van der Waals surface area contributed by atoms with Crippen molar-refractivity contribution in [2.24, 2.45) is 5.73 Å². The normalized spacial score (nSPS) is 13.7. The highest BCUT2D eigenvalue weighted by molar-refractivity contribution is 5.96. The third-order valence-corrected chi connectivity index (χ3v) is 6.08. The van der Waals surface area contributed by atoms with Gasteiger partial charge in [0.05, 0.1) is 19.3 Å². The first-order valence-electron chi connectivity index (χ1n) is 13.6. The van der Waals surface area contributed by atoms with Gasteiger partial charge in [0.2, 0.25) is 11.8 Å². The van der Waals surface area contributed by atoms with E-state index in [0.29, 0.717) is 56.6 Å². The second-order valence-electron chi connectivity index (χ2n) is 9.91. The lowest BCUT2D eigenvalue weighted by Gasteiger charge is -2.23. The standard InChI is InChI=1S/C28H40N8O5/c1-35(2)13-5-9-25(38)36(3)19-24(37)30-12-6-14-41-22-8-4-7-21(17-22)33-28-26(27(29)39)31-18-23(34-28)32-20-10-15-40-16-11-20/h4-5,7-9,17-18,20H,6,10-16,19H2,1-3H3,(H2,29,39)(H,30,37)(H2,32,33,34)/b9-5+. The fourth-order valence-electron chi connectivity index (χ4n) is 3.91. The van der Waals surface area contributed by atoms with Gasteiger partial charge in [-0.15, -0.1) is 0 Å². The van der Waals surface area contributed by atoms with Gasteiger partial charge in [-0.25, -0.2) is 9.97 Å². The summed E-state index contributed by atoms with van der Waals surface area (Å²) in [6.07, 6.45) is 7.00. The van der Waals surface area contributed by atoms with Crippen molar-refractivity contribution in [1.29, 1.82) is 0 Å². The summed E-state index contributed by atoms with van der Waals surface area (Å²) in [6, 6.07) is 7.41. The molecule has 1 fully saturated rings. The van der Waals surface area contributed by atoms with Crippen LogP contribution in [0.25, 0.3) is 0 Å². The van der Waals surface area contributed by atoms with Gasteiger partial charge in [0.15, 0.2) is 11.5 Å². The van der Waals surface area contributed by atoms with Crippen LogP contribution in [0.3, 0.4) is 0 Å². The molecule has 1 aromatic carbocycles. The molecule has 222 valence electrons. The lowest BCUT2D eigenvalue weighted by Crippen LogP contribution is -2.38. The zero-order valence-corrected chi connectivity index (χ0v) is 23.9. The van der Waals surface area contributed by atoms with Crippen molar-refractivity contribution in [1.82, 2.24) is 25.1 Å². The third kappa shape index (κ3) is 11.0. The second-order valence-corrected chi connectivity index (χ2v) is 9.91. The molecule has 1 aliphatic rings. The molecule has 2 heterocycles. The Morgan fingerprint density at radius 2 is 1.98 bits per heavy atom. The van der Waals surface area contributed by atoms with Crippen molar-refractivity contribution in [3.8, 4) is 5.75 Å². The zero-order chi connectivity index (χ0) is 29.6. The Morgan fingerprint density at radius 1 is 1.20 bits per heavy atom. The maximum atomic E-state index is 12.2. The van der Waals surface area contributed by atoms with Crippen molar-refractivity contribution in [2.75, 3.05) is 71.2 Å². The predicted molar refractivity (Wildman–Crippen MR) is 156 cm³/mol. The highest BCUT2D eigenvalue weighted by Crippen LogP contribution is 2.24. The topological polar surface area (TPSA) is 164 Å². The molecule has 13 heteroatoms. The van der Waals surface area contributed by atoms with E-state index in [9.17, 15) is 14.4 Å². The smallest absolute Gasteiger partial charge is 0.271 e. The molecule has 0 aliphatic carbocycles. The number of likely N-dealkylation sites (N-methyl/N-ethyl adjacent to an activating group) is 2. The Hall–Kier alpha value is -4.23. The van der Waals surface area contributed by atoms with E-state index in [1.807, 2.05) is 25.1 Å². The number of primary amides is 1. The van der Waals surface area contributed by atoms with Crippen molar-refractivity contribution >= 4 is 35.0 Å². The molecule has 41 heavy (non-hydrogen) atoms. The van der Waals surface area contributed by atoms with Crippen molar-refractivity contribution < 1.29 is 23.9 Å². The van der Waals surface area contributed by atoms with Crippen LogP contribution in [0.1, 0.15) is 29.8 Å². The molecule has 2 aromatic rings. The Bertz CT molecular complexity index is 1200. The van der Waals surface area contributed by atoms with Gasteiger partial charge in [-0.05, 0) is 45.5 Å². The number of rotatable bonds is 15. The van der Waals surface area contributed by atoms with Crippen LogP contribution >= 0.6 is 0 Å². The number of nitrogens with zero attached hydrogens (tertiary/aromatic N) is 4. The van der Waals surface area contributed by atoms with Gasteiger partial charge in [0, 0.05) is 57.2 Å². The lowest BCUT2D eigenvalue weighted by atomic mass is 10.1. The van der Waals surface area contributed by atoms with Crippen LogP contribution in [0.5, 0.6) is 5.75 Å². The summed E-state index contributed by atoms with van der Waals surface area (Å²) in [5.74, 6) is 0.217. The first-order valence-corrected chi connectivity index (χ1v) is 13.6. The van der Waals surface area contributed by atoms with E-state index in [1.165, 1.54) is 17.2 Å². The van der Waals surface area contributed by atoms with Crippen LogP contribution in [0, 0.1) is 0 Å². The number of ether oxygens (including phenoxy) is 2. The molecule has 5 N–H and O–H groups in total. The van der Waals surface area contributed by atoms with Gasteiger partial charge in [-0.3, -0.25) is 14.4 Å². The molecule has 3 rings (SSSR count). The minimum Gasteiger partial charge on any atom is -0.493 e. The van der Waals surface area contributed by atoms with E-state index in [0.717, 1.165) is 12.8 Å². The van der Waals surface area contributed by atoms with Crippen LogP contribution < -0.4 is 26.4 Å². The third-order valence-electron chi connectivity index (χ3n) is 6.08. The van der Waals surface area contributed by atoms with E-state index in [4.69, 9.17) is 15.2 Å². The van der Waals surface area contributed by atoms with Crippen molar-refractivity contribution in [3.63, 3.8) is 0 Å². The number of benzene rings is 1. The summed E-state index contributed by atoms with van der Waals surface area (Å²) in [6.45, 7) is 2.75. The fraction of sp³-hybridized carbons (Fsp3) is 0.464. The maximum absolute atomic E-state index is 12.2. The quantitative estimate of drug-likeness (QED) is 0.182. The summed E-state index contributed by atoms with van der Waals surface area (Å²) < 4.78 is 11.2. The molecule has 3 amide bonds. The minimum absolute atomic E-state index is 0.0261. The highest BCUT2D eigenvalue weighted by Gasteiger charge is 2.17. The van der Waals surface area contributed by atoms with Gasteiger partial charge < -0.3 is 41.0 Å². The highest BCUT2D eigenvalue weighted by atomic mass is 16.5. The number of amides is 3. The molecule has 0 saturated carbocycles. The molecule has 13 nitrogen and oxygen atoms in total. The average Bonchev–Trinajstić information content (AvgIpc) is 2.93. The average molecular weight is 569 g/mol. The van der Waals surface area contributed by atoms with Crippen LogP contribution in [0.4, 0.5) is 17.3 Å².